The Morgan fingerprint density at radius 1 is 1.04 bits per heavy atom. The molecule has 2 aliphatic heterocycles. The van der Waals surface area contributed by atoms with Gasteiger partial charge in [0.1, 0.15) is 11.9 Å². The first-order valence-corrected chi connectivity index (χ1v) is 7.80. The molecular formula is C19H18O6. The Bertz CT molecular complexity index is 780. The molecule has 1 saturated heterocycles. The highest BCUT2D eigenvalue weighted by molar-refractivity contribution is 6.03. The summed E-state index contributed by atoms with van der Waals surface area (Å²) in [4.78, 5) is 24.1. The predicted octanol–water partition coefficient (Wildman–Crippen LogP) is 1.48. The van der Waals surface area contributed by atoms with Crippen molar-refractivity contribution in [3.05, 3.63) is 41.0 Å². The van der Waals surface area contributed by atoms with E-state index in [-0.39, 0.29) is 17.1 Å². The third-order valence-corrected chi connectivity index (χ3v) is 4.34. The number of hydrogen-bond donors (Lipinski definition) is 0. The molecule has 2 aliphatic rings. The van der Waals surface area contributed by atoms with Crippen LogP contribution < -0.4 is 4.74 Å². The van der Waals surface area contributed by atoms with Crippen LogP contribution in [0.2, 0.25) is 0 Å². The van der Waals surface area contributed by atoms with Crippen LogP contribution in [0.3, 0.4) is 0 Å². The zero-order chi connectivity index (χ0) is 18.0. The molecule has 6 heteroatoms. The minimum atomic E-state index is -0.580. The largest absolute Gasteiger partial charge is 0.497 e. The average Bonchev–Trinajstić information content (AvgIpc) is 3.23. The summed E-state index contributed by atoms with van der Waals surface area (Å²) >= 11 is 0. The normalized spacial score (nSPS) is 23.7. The highest BCUT2D eigenvalue weighted by atomic mass is 16.5. The maximum absolute atomic E-state index is 12.1. The lowest BCUT2D eigenvalue weighted by molar-refractivity contribution is -0.139. The van der Waals surface area contributed by atoms with Crippen molar-refractivity contribution in [3.63, 3.8) is 0 Å². The summed E-state index contributed by atoms with van der Waals surface area (Å²) in [7, 11) is 4.15. The molecule has 1 aromatic carbocycles. The molecule has 0 spiro atoms. The summed E-state index contributed by atoms with van der Waals surface area (Å²) in [5, 5.41) is 0. The van der Waals surface area contributed by atoms with E-state index >= 15 is 0 Å². The Hall–Kier alpha value is -2.78. The van der Waals surface area contributed by atoms with Crippen LogP contribution in [-0.4, -0.2) is 45.5 Å². The van der Waals surface area contributed by atoms with Crippen LogP contribution in [0, 0.1) is 17.8 Å². The zero-order valence-corrected chi connectivity index (χ0v) is 14.2. The summed E-state index contributed by atoms with van der Waals surface area (Å²) in [6.07, 6.45) is -0.516. The van der Waals surface area contributed by atoms with Crippen molar-refractivity contribution in [2.24, 2.45) is 5.92 Å². The maximum Gasteiger partial charge on any atom is 0.337 e. The molecule has 0 aromatic heterocycles. The van der Waals surface area contributed by atoms with Crippen molar-refractivity contribution in [1.82, 2.24) is 0 Å². The van der Waals surface area contributed by atoms with E-state index in [4.69, 9.17) is 18.9 Å². The lowest BCUT2D eigenvalue weighted by Gasteiger charge is -2.17. The molecular weight excluding hydrogens is 324 g/mol. The Kier molecular flexibility index (Phi) is 4.77. The van der Waals surface area contributed by atoms with Gasteiger partial charge in [-0.25, -0.2) is 9.59 Å². The Balaban J connectivity index is 1.85. The van der Waals surface area contributed by atoms with Crippen LogP contribution in [0.4, 0.5) is 0 Å². The molecule has 3 rings (SSSR count). The molecule has 6 nitrogen and oxygen atoms in total. The van der Waals surface area contributed by atoms with Gasteiger partial charge < -0.3 is 18.9 Å². The molecule has 3 atom stereocenters. The fraction of sp³-hybridized carbons (Fsp3) is 0.368. The third-order valence-electron chi connectivity index (χ3n) is 4.34. The van der Waals surface area contributed by atoms with Gasteiger partial charge in [0.2, 0.25) is 0 Å². The predicted molar refractivity (Wildman–Crippen MR) is 87.7 cm³/mol. The first-order valence-electron chi connectivity index (χ1n) is 7.80. The number of methoxy groups -OCH3 is 3. The monoisotopic (exact) mass is 342 g/mol. The summed E-state index contributed by atoms with van der Waals surface area (Å²) in [6.45, 7) is 0. The minimum absolute atomic E-state index is 0.186. The molecule has 2 heterocycles. The molecule has 2 bridgehead atoms. The van der Waals surface area contributed by atoms with Crippen LogP contribution in [0.15, 0.2) is 35.4 Å². The third kappa shape index (κ3) is 3.11. The lowest BCUT2D eigenvalue weighted by Crippen LogP contribution is -2.28. The van der Waals surface area contributed by atoms with Gasteiger partial charge in [-0.15, -0.1) is 0 Å². The molecule has 0 aliphatic carbocycles. The molecule has 3 unspecified atom stereocenters. The molecule has 25 heavy (non-hydrogen) atoms. The van der Waals surface area contributed by atoms with Crippen LogP contribution in [-0.2, 0) is 23.8 Å². The first kappa shape index (κ1) is 17.1. The first-order chi connectivity index (χ1) is 12.1. The van der Waals surface area contributed by atoms with E-state index < -0.39 is 24.1 Å². The fourth-order valence-corrected chi connectivity index (χ4v) is 3.14. The zero-order valence-electron chi connectivity index (χ0n) is 14.2. The van der Waals surface area contributed by atoms with E-state index in [1.54, 1.807) is 7.11 Å². The average molecular weight is 342 g/mol. The quantitative estimate of drug-likeness (QED) is 0.612. The topological polar surface area (TPSA) is 71.1 Å². The van der Waals surface area contributed by atoms with Gasteiger partial charge in [-0.3, -0.25) is 0 Å². The van der Waals surface area contributed by atoms with Gasteiger partial charge in [0.15, 0.2) is 0 Å². The standard InChI is InChI=1S/C19H18O6/c1-22-13-8-5-11(6-9-13)4-7-12-10-14-15(18(20)23-2)16(17(12)25-14)19(21)24-3/h5-6,8-9,12,14,17H,10H2,1-3H3. The van der Waals surface area contributed by atoms with Crippen LogP contribution in [0.25, 0.3) is 0 Å². The molecule has 130 valence electrons. The second kappa shape index (κ2) is 6.99. The minimum Gasteiger partial charge on any atom is -0.497 e. The number of fused-ring (bicyclic) bond motifs is 2. The Labute approximate surface area is 145 Å². The van der Waals surface area contributed by atoms with E-state index in [2.05, 4.69) is 11.8 Å². The maximum atomic E-state index is 12.1. The van der Waals surface area contributed by atoms with Crippen molar-refractivity contribution >= 4 is 11.9 Å². The van der Waals surface area contributed by atoms with Crippen LogP contribution in [0.1, 0.15) is 12.0 Å². The van der Waals surface area contributed by atoms with Crippen LogP contribution in [0.5, 0.6) is 5.75 Å². The molecule has 0 radical (unpaired) electrons. The smallest absolute Gasteiger partial charge is 0.337 e. The van der Waals surface area contributed by atoms with Crippen molar-refractivity contribution in [3.8, 4) is 17.6 Å². The highest BCUT2D eigenvalue weighted by Gasteiger charge is 2.51. The highest BCUT2D eigenvalue weighted by Crippen LogP contribution is 2.43. The van der Waals surface area contributed by atoms with E-state index in [1.165, 1.54) is 14.2 Å². The van der Waals surface area contributed by atoms with Gasteiger partial charge in [0, 0.05) is 5.56 Å². The van der Waals surface area contributed by atoms with Gasteiger partial charge in [-0.05, 0) is 30.7 Å². The SMILES string of the molecule is COC(=O)C1=C(C(=O)OC)C2OC1CC2C#Cc1ccc(OC)cc1. The number of carbonyl (C=O) groups is 2. The van der Waals surface area contributed by atoms with E-state index in [0.29, 0.717) is 6.42 Å². The van der Waals surface area contributed by atoms with Crippen molar-refractivity contribution < 1.29 is 28.5 Å². The second-order valence-corrected chi connectivity index (χ2v) is 5.70. The van der Waals surface area contributed by atoms with E-state index in [9.17, 15) is 9.59 Å². The van der Waals surface area contributed by atoms with Crippen molar-refractivity contribution in [1.29, 1.82) is 0 Å². The number of hydrogen-bond acceptors (Lipinski definition) is 6. The molecule has 1 fully saturated rings. The number of esters is 2. The van der Waals surface area contributed by atoms with E-state index in [0.717, 1.165) is 11.3 Å². The number of ether oxygens (including phenoxy) is 4. The number of rotatable bonds is 3. The molecule has 0 amide bonds. The number of carbonyl (C=O) groups excluding carboxylic acids is 2. The van der Waals surface area contributed by atoms with Crippen LogP contribution >= 0.6 is 0 Å². The van der Waals surface area contributed by atoms with Gasteiger partial charge in [0.25, 0.3) is 0 Å². The summed E-state index contributed by atoms with van der Waals surface area (Å²) in [5.41, 5.74) is 1.31. The Morgan fingerprint density at radius 2 is 1.68 bits per heavy atom. The van der Waals surface area contributed by atoms with Gasteiger partial charge >= 0.3 is 11.9 Å². The van der Waals surface area contributed by atoms with Gasteiger partial charge in [-0.2, -0.15) is 0 Å². The lowest BCUT2D eigenvalue weighted by atomic mass is 9.84. The van der Waals surface area contributed by atoms with E-state index in [1.807, 2.05) is 24.3 Å². The molecule has 1 aromatic rings. The summed E-state index contributed by atoms with van der Waals surface area (Å²) in [5.74, 6) is 5.66. The van der Waals surface area contributed by atoms with Crippen molar-refractivity contribution in [2.75, 3.05) is 21.3 Å². The molecule has 0 saturated carbocycles. The van der Waals surface area contributed by atoms with Gasteiger partial charge in [0.05, 0.1) is 44.5 Å². The fourth-order valence-electron chi connectivity index (χ4n) is 3.14. The molecule has 0 N–H and O–H groups in total. The summed E-state index contributed by atoms with van der Waals surface area (Å²) < 4.78 is 20.5. The van der Waals surface area contributed by atoms with Gasteiger partial charge in [-0.1, -0.05) is 11.8 Å². The second-order valence-electron chi connectivity index (χ2n) is 5.70. The number of benzene rings is 1. The van der Waals surface area contributed by atoms with Crippen molar-refractivity contribution in [2.45, 2.75) is 18.6 Å². The summed E-state index contributed by atoms with van der Waals surface area (Å²) in [6, 6.07) is 7.38. The Morgan fingerprint density at radius 3 is 2.28 bits per heavy atom.